The third-order valence-corrected chi connectivity index (χ3v) is 10.1. The second kappa shape index (κ2) is 16.7. The van der Waals surface area contributed by atoms with E-state index in [-0.39, 0.29) is 18.7 Å². The van der Waals surface area contributed by atoms with E-state index >= 15 is 0 Å². The summed E-state index contributed by atoms with van der Waals surface area (Å²) in [5.74, 6) is -3.99. The molecule has 1 aliphatic rings. The zero-order valence-corrected chi connectivity index (χ0v) is 30.7. The standard InChI is InChI=1S/C41H48N6O6/c1-5-41(2,3)53-40(52)47-20-18-30(19-21-47)37(49)44-33(24-26-14-16-28-10-6-8-12-31(28)22-26)39(51)46(4)34(38(50)45-35(42)36(43)48)25-27-15-17-29-11-7-9-13-32(29)23-27/h6-17,22-23,30,33-34H,5,18-21,24-25H2,1-4H3,(H2,43,48)(H,44,49)(H2,42,45,50). The van der Waals surface area contributed by atoms with E-state index in [1.807, 2.05) is 106 Å². The number of fused-ring (bicyclic) bond motifs is 2. The molecule has 0 spiro atoms. The smallest absolute Gasteiger partial charge is 0.410 e. The molecule has 0 aromatic heterocycles. The van der Waals surface area contributed by atoms with Crippen LogP contribution < -0.4 is 16.4 Å². The lowest BCUT2D eigenvalue weighted by Gasteiger charge is -2.35. The van der Waals surface area contributed by atoms with Crippen molar-refractivity contribution in [3.63, 3.8) is 0 Å². The number of nitrogens with one attached hydrogen (secondary N) is 3. The normalized spacial score (nSPS) is 14.6. The highest BCUT2D eigenvalue weighted by atomic mass is 16.6. The molecule has 0 radical (unpaired) electrons. The summed E-state index contributed by atoms with van der Waals surface area (Å²) in [6.07, 6.45) is 1.23. The van der Waals surface area contributed by atoms with Crippen LogP contribution in [0.5, 0.6) is 0 Å². The SMILES string of the molecule is CCC(C)(C)OC(=O)N1CCC(C(=O)NC(Cc2ccc3ccccc3c2)C(=O)N(C)C(Cc2ccc3ccccc3c2)C(=O)NC(=N)C(N)=O)CC1. The quantitative estimate of drug-likeness (QED) is 0.129. The Kier molecular flexibility index (Phi) is 12.1. The fourth-order valence-corrected chi connectivity index (χ4v) is 6.45. The number of piperidine rings is 1. The molecule has 0 bridgehead atoms. The van der Waals surface area contributed by atoms with Crippen LogP contribution >= 0.6 is 0 Å². The number of primary amides is 1. The number of hydrogen-bond acceptors (Lipinski definition) is 7. The van der Waals surface area contributed by atoms with Crippen LogP contribution in [0.25, 0.3) is 21.5 Å². The Morgan fingerprint density at radius 1 is 0.868 bits per heavy atom. The first-order chi connectivity index (χ1) is 25.2. The number of benzene rings is 4. The van der Waals surface area contributed by atoms with Gasteiger partial charge in [0.1, 0.15) is 17.7 Å². The van der Waals surface area contributed by atoms with Gasteiger partial charge in [-0.3, -0.25) is 24.6 Å². The third kappa shape index (κ3) is 9.76. The van der Waals surface area contributed by atoms with Crippen LogP contribution in [0.15, 0.2) is 84.9 Å². The molecule has 1 heterocycles. The second-order valence-electron chi connectivity index (χ2n) is 14.3. The summed E-state index contributed by atoms with van der Waals surface area (Å²) in [5, 5.41) is 17.1. The van der Waals surface area contributed by atoms with Gasteiger partial charge >= 0.3 is 6.09 Å². The average Bonchev–Trinajstić information content (AvgIpc) is 3.15. The van der Waals surface area contributed by atoms with Crippen molar-refractivity contribution in [1.29, 1.82) is 5.41 Å². The van der Waals surface area contributed by atoms with E-state index in [0.717, 1.165) is 32.7 Å². The van der Waals surface area contributed by atoms with E-state index in [0.29, 0.717) is 32.4 Å². The fraction of sp³-hybridized carbons (Fsp3) is 0.366. The number of likely N-dealkylation sites (tertiary alicyclic amines) is 1. The zero-order valence-electron chi connectivity index (χ0n) is 30.7. The summed E-state index contributed by atoms with van der Waals surface area (Å²) in [4.78, 5) is 69.4. The van der Waals surface area contributed by atoms with E-state index in [9.17, 15) is 24.0 Å². The highest BCUT2D eigenvalue weighted by Gasteiger charge is 2.36. The van der Waals surface area contributed by atoms with Crippen molar-refractivity contribution in [2.75, 3.05) is 20.1 Å². The maximum Gasteiger partial charge on any atom is 0.410 e. The molecule has 1 saturated heterocycles. The Morgan fingerprint density at radius 3 is 1.92 bits per heavy atom. The Labute approximate surface area is 309 Å². The van der Waals surface area contributed by atoms with Gasteiger partial charge in [-0.2, -0.15) is 0 Å². The van der Waals surface area contributed by atoms with Crippen molar-refractivity contribution in [3.8, 4) is 0 Å². The van der Waals surface area contributed by atoms with E-state index < -0.39 is 53.3 Å². The first kappa shape index (κ1) is 38.5. The van der Waals surface area contributed by atoms with Crippen molar-refractivity contribution in [1.82, 2.24) is 20.4 Å². The maximum absolute atomic E-state index is 14.5. The van der Waals surface area contributed by atoms with Crippen LogP contribution in [0, 0.1) is 11.3 Å². The predicted octanol–water partition coefficient (Wildman–Crippen LogP) is 4.71. The summed E-state index contributed by atoms with van der Waals surface area (Å²) in [5.41, 5.74) is 6.21. The molecule has 278 valence electrons. The van der Waals surface area contributed by atoms with Gasteiger partial charge in [-0.25, -0.2) is 4.79 Å². The Hall–Kier alpha value is -5.78. The van der Waals surface area contributed by atoms with Crippen LogP contribution in [-0.4, -0.2) is 83.2 Å². The molecule has 5 rings (SSSR count). The first-order valence-electron chi connectivity index (χ1n) is 17.9. The fourth-order valence-electron chi connectivity index (χ4n) is 6.45. The highest BCUT2D eigenvalue weighted by molar-refractivity contribution is 6.38. The predicted molar refractivity (Wildman–Crippen MR) is 204 cm³/mol. The highest BCUT2D eigenvalue weighted by Crippen LogP contribution is 2.24. The minimum atomic E-state index is -1.17. The zero-order chi connectivity index (χ0) is 38.3. The molecular formula is C41H48N6O6. The lowest BCUT2D eigenvalue weighted by Crippen LogP contribution is -2.57. The number of ether oxygens (including phenoxy) is 1. The van der Waals surface area contributed by atoms with E-state index in [1.165, 1.54) is 11.9 Å². The maximum atomic E-state index is 14.5. The number of hydrogen-bond donors (Lipinski definition) is 4. The number of rotatable bonds is 11. The number of amides is 5. The van der Waals surface area contributed by atoms with Crippen LogP contribution in [0.1, 0.15) is 51.2 Å². The second-order valence-corrected chi connectivity index (χ2v) is 14.3. The van der Waals surface area contributed by atoms with Crippen molar-refractivity contribution >= 4 is 57.1 Å². The van der Waals surface area contributed by atoms with Crippen molar-refractivity contribution < 1.29 is 28.7 Å². The summed E-state index contributed by atoms with van der Waals surface area (Å²) >= 11 is 0. The molecular weight excluding hydrogens is 672 g/mol. The Morgan fingerprint density at radius 2 is 1.40 bits per heavy atom. The topological polar surface area (TPSA) is 175 Å². The van der Waals surface area contributed by atoms with Crippen LogP contribution in [0.4, 0.5) is 4.79 Å². The molecule has 12 nitrogen and oxygen atoms in total. The van der Waals surface area contributed by atoms with Crippen molar-refractivity contribution in [2.24, 2.45) is 11.7 Å². The van der Waals surface area contributed by atoms with Crippen molar-refractivity contribution in [2.45, 2.75) is 70.6 Å². The molecule has 5 amide bonds. The number of carbonyl (C=O) groups is 5. The largest absolute Gasteiger partial charge is 0.443 e. The molecule has 0 aliphatic carbocycles. The summed E-state index contributed by atoms with van der Waals surface area (Å²) < 4.78 is 5.65. The molecule has 4 aromatic carbocycles. The van der Waals surface area contributed by atoms with Crippen LogP contribution in [0.3, 0.4) is 0 Å². The average molecular weight is 721 g/mol. The van der Waals surface area contributed by atoms with Gasteiger partial charge in [0.25, 0.3) is 5.91 Å². The Balaban J connectivity index is 1.39. The third-order valence-electron chi connectivity index (χ3n) is 10.1. The van der Waals surface area contributed by atoms with E-state index in [1.54, 1.807) is 4.90 Å². The lowest BCUT2D eigenvalue weighted by molar-refractivity contribution is -0.142. The monoisotopic (exact) mass is 720 g/mol. The first-order valence-corrected chi connectivity index (χ1v) is 17.9. The molecule has 2 unspecified atom stereocenters. The lowest BCUT2D eigenvalue weighted by atomic mass is 9.94. The van der Waals surface area contributed by atoms with Gasteiger partial charge in [-0.05, 0) is 65.8 Å². The summed E-state index contributed by atoms with van der Waals surface area (Å²) in [6, 6.07) is 24.9. The van der Waals surface area contributed by atoms with Gasteiger partial charge in [0.05, 0.1) is 0 Å². The minimum absolute atomic E-state index is 0.0605. The van der Waals surface area contributed by atoms with Crippen molar-refractivity contribution in [3.05, 3.63) is 96.1 Å². The molecule has 0 saturated carbocycles. The van der Waals surface area contributed by atoms with E-state index in [2.05, 4.69) is 10.6 Å². The molecule has 4 aromatic rings. The Bertz CT molecular complexity index is 2020. The number of amidine groups is 1. The molecule has 2 atom stereocenters. The van der Waals surface area contributed by atoms with Gasteiger partial charge < -0.3 is 30.9 Å². The number of nitrogens with two attached hydrogens (primary N) is 1. The van der Waals surface area contributed by atoms with Gasteiger partial charge in [0, 0.05) is 38.9 Å². The van der Waals surface area contributed by atoms with Gasteiger partial charge in [0.15, 0.2) is 5.84 Å². The minimum Gasteiger partial charge on any atom is -0.443 e. The van der Waals surface area contributed by atoms with Crippen LogP contribution in [0.2, 0.25) is 0 Å². The number of likely N-dealkylation sites (N-methyl/N-ethyl adjacent to an activating group) is 1. The van der Waals surface area contributed by atoms with Crippen LogP contribution in [-0.2, 0) is 36.8 Å². The van der Waals surface area contributed by atoms with E-state index in [4.69, 9.17) is 15.9 Å². The van der Waals surface area contributed by atoms with Gasteiger partial charge in [-0.1, -0.05) is 91.9 Å². The van der Waals surface area contributed by atoms with Gasteiger partial charge in [-0.15, -0.1) is 0 Å². The molecule has 12 heteroatoms. The molecule has 53 heavy (non-hydrogen) atoms. The molecule has 5 N–H and O–H groups in total. The molecule has 1 aliphatic heterocycles. The van der Waals surface area contributed by atoms with Gasteiger partial charge in [0.2, 0.25) is 17.7 Å². The molecule has 1 fully saturated rings. The summed E-state index contributed by atoms with van der Waals surface area (Å²) in [7, 11) is 1.48. The number of carbonyl (C=O) groups excluding carboxylic acids is 5. The number of nitrogens with zero attached hydrogens (tertiary/aromatic N) is 2. The summed E-state index contributed by atoms with van der Waals surface area (Å²) in [6.45, 7) is 6.32.